The molecule has 0 fully saturated rings. The number of azo groups is 1. The van der Waals surface area contributed by atoms with Gasteiger partial charge in [0.25, 0.3) is 0 Å². The molecule has 154 valence electrons. The number of benzene rings is 2. The van der Waals surface area contributed by atoms with Crippen LogP contribution in [0.2, 0.25) is 0 Å². The average Bonchev–Trinajstić information content (AvgIpc) is 3.03. The van der Waals surface area contributed by atoms with Crippen LogP contribution in [0.15, 0.2) is 69.9 Å². The zero-order valence-electron chi connectivity index (χ0n) is 17.3. The number of carboxylic acid groups (broad SMARTS) is 1. The highest BCUT2D eigenvalue weighted by Crippen LogP contribution is 2.22. The molecule has 1 heterocycles. The Morgan fingerprint density at radius 2 is 1.83 bits per heavy atom. The Morgan fingerprint density at radius 3 is 2.34 bits per heavy atom. The maximum atomic E-state index is 8.89. The first-order chi connectivity index (χ1) is 13.9. The SMILES string of the molecule is CC(=O)[O-].CCN(Cc1ccccc1)c1ccc(N=NC2N(C)C=N[NH+]2C)cc1. The molecular formula is C21H28N6O2. The van der Waals surface area contributed by atoms with Gasteiger partial charge in [-0.3, -0.25) is 4.90 Å². The molecule has 0 aliphatic carbocycles. The lowest BCUT2D eigenvalue weighted by Crippen LogP contribution is -3.07. The van der Waals surface area contributed by atoms with Gasteiger partial charge in [0.05, 0.1) is 12.7 Å². The van der Waals surface area contributed by atoms with Crippen LogP contribution in [0.25, 0.3) is 0 Å². The van der Waals surface area contributed by atoms with Gasteiger partial charge in [0.1, 0.15) is 0 Å². The van der Waals surface area contributed by atoms with Crippen LogP contribution < -0.4 is 15.0 Å². The van der Waals surface area contributed by atoms with E-state index in [1.54, 1.807) is 6.34 Å². The lowest BCUT2D eigenvalue weighted by Gasteiger charge is -2.23. The fourth-order valence-electron chi connectivity index (χ4n) is 2.81. The third-order valence-corrected chi connectivity index (χ3v) is 4.30. The molecule has 2 aromatic rings. The summed E-state index contributed by atoms with van der Waals surface area (Å²) in [6.45, 7) is 5.00. The maximum Gasteiger partial charge on any atom is 0.305 e. The van der Waals surface area contributed by atoms with Crippen molar-refractivity contribution in [1.82, 2.24) is 4.90 Å². The number of quaternary nitrogens is 1. The molecule has 0 spiro atoms. The normalized spacial score (nSPS) is 17.9. The van der Waals surface area contributed by atoms with Crippen molar-refractivity contribution < 1.29 is 14.9 Å². The number of carbonyl (C=O) groups is 1. The van der Waals surface area contributed by atoms with Gasteiger partial charge in [-0.25, -0.2) is 0 Å². The first-order valence-electron chi connectivity index (χ1n) is 9.47. The Morgan fingerprint density at radius 1 is 1.21 bits per heavy atom. The van der Waals surface area contributed by atoms with Gasteiger partial charge in [-0.15, -0.1) is 10.2 Å². The van der Waals surface area contributed by atoms with E-state index in [1.165, 1.54) is 11.3 Å². The molecule has 1 N–H and O–H groups in total. The summed E-state index contributed by atoms with van der Waals surface area (Å²) in [5.41, 5.74) is 3.35. The highest BCUT2D eigenvalue weighted by molar-refractivity contribution is 5.60. The van der Waals surface area contributed by atoms with Gasteiger partial charge in [0, 0.05) is 31.8 Å². The van der Waals surface area contributed by atoms with E-state index in [0.717, 1.165) is 30.7 Å². The summed E-state index contributed by atoms with van der Waals surface area (Å²) < 4.78 is 0. The Labute approximate surface area is 171 Å². The quantitative estimate of drug-likeness (QED) is 0.744. The third kappa shape index (κ3) is 7.00. The van der Waals surface area contributed by atoms with Crippen molar-refractivity contribution in [2.24, 2.45) is 15.3 Å². The van der Waals surface area contributed by atoms with Crippen LogP contribution in [0.1, 0.15) is 19.4 Å². The van der Waals surface area contributed by atoms with Gasteiger partial charge < -0.3 is 14.8 Å². The van der Waals surface area contributed by atoms with Gasteiger partial charge in [-0.2, -0.15) is 5.01 Å². The number of nitrogens with zero attached hydrogens (tertiary/aromatic N) is 5. The number of aliphatic carboxylic acids is 1. The number of carboxylic acids is 1. The number of hydrogen-bond acceptors (Lipinski definition) is 7. The monoisotopic (exact) mass is 396 g/mol. The zero-order valence-corrected chi connectivity index (χ0v) is 17.3. The number of rotatable bonds is 6. The van der Waals surface area contributed by atoms with Crippen LogP contribution in [0, 0.1) is 0 Å². The number of anilines is 1. The summed E-state index contributed by atoms with van der Waals surface area (Å²) in [6, 6.07) is 18.7. The van der Waals surface area contributed by atoms with Crippen molar-refractivity contribution in [2.75, 3.05) is 25.5 Å². The molecule has 0 amide bonds. The predicted octanol–water partition coefficient (Wildman–Crippen LogP) is 1.24. The maximum absolute atomic E-state index is 8.89. The fraction of sp³-hybridized carbons (Fsp3) is 0.333. The lowest BCUT2D eigenvalue weighted by atomic mass is 10.2. The molecule has 29 heavy (non-hydrogen) atoms. The fourth-order valence-corrected chi connectivity index (χ4v) is 2.81. The van der Waals surface area contributed by atoms with E-state index < -0.39 is 5.97 Å². The van der Waals surface area contributed by atoms with E-state index in [-0.39, 0.29) is 6.29 Å². The van der Waals surface area contributed by atoms with E-state index in [9.17, 15) is 0 Å². The van der Waals surface area contributed by atoms with E-state index >= 15 is 0 Å². The lowest BCUT2D eigenvalue weighted by molar-refractivity contribution is -0.914. The first kappa shape index (κ1) is 22.0. The summed E-state index contributed by atoms with van der Waals surface area (Å²) >= 11 is 0. The van der Waals surface area contributed by atoms with E-state index in [1.807, 2.05) is 37.2 Å². The van der Waals surface area contributed by atoms with Crippen molar-refractivity contribution in [1.29, 1.82) is 0 Å². The molecule has 0 saturated carbocycles. The van der Waals surface area contributed by atoms with Gasteiger partial charge in [0.15, 0.2) is 6.34 Å². The van der Waals surface area contributed by atoms with Gasteiger partial charge in [-0.1, -0.05) is 35.4 Å². The number of carbonyl (C=O) groups excluding carboxylic acids is 1. The Kier molecular flexibility index (Phi) is 8.29. The highest BCUT2D eigenvalue weighted by Gasteiger charge is 2.26. The molecule has 2 atom stereocenters. The van der Waals surface area contributed by atoms with Crippen LogP contribution in [0.3, 0.4) is 0 Å². The predicted molar refractivity (Wildman–Crippen MR) is 112 cm³/mol. The summed E-state index contributed by atoms with van der Waals surface area (Å²) in [4.78, 5) is 13.2. The summed E-state index contributed by atoms with van der Waals surface area (Å²) in [5, 5.41) is 22.9. The standard InChI is InChI=1S/C19H24N6.C2H4O2/c1-4-25(14-16-8-6-5-7-9-16)18-12-10-17(11-13-18)21-22-19-23(2)15-20-24(19)3;1-2(3)4/h5-13,15,19H,4,14H2,1-3H3;1H3,(H,3,4). The molecule has 8 heteroatoms. The van der Waals surface area contributed by atoms with Gasteiger partial charge in [0.2, 0.25) is 0 Å². The largest absolute Gasteiger partial charge is 0.550 e. The second kappa shape index (κ2) is 10.9. The second-order valence-corrected chi connectivity index (χ2v) is 6.65. The van der Waals surface area contributed by atoms with E-state index in [2.05, 4.69) is 63.6 Å². The van der Waals surface area contributed by atoms with Crippen molar-refractivity contribution in [3.8, 4) is 0 Å². The molecular weight excluding hydrogens is 368 g/mol. The molecule has 1 aliphatic rings. The summed E-state index contributed by atoms with van der Waals surface area (Å²) in [5.74, 6) is -1.08. The van der Waals surface area contributed by atoms with Crippen LogP contribution in [-0.4, -0.2) is 44.1 Å². The van der Waals surface area contributed by atoms with Crippen molar-refractivity contribution in [3.63, 3.8) is 0 Å². The highest BCUT2D eigenvalue weighted by atomic mass is 16.4. The van der Waals surface area contributed by atoms with Crippen LogP contribution in [-0.2, 0) is 11.3 Å². The number of nitrogens with one attached hydrogen (secondary N) is 1. The first-order valence-corrected chi connectivity index (χ1v) is 9.47. The van der Waals surface area contributed by atoms with E-state index in [0.29, 0.717) is 0 Å². The molecule has 2 unspecified atom stereocenters. The average molecular weight is 396 g/mol. The van der Waals surface area contributed by atoms with Gasteiger partial charge in [-0.05, 0) is 43.7 Å². The summed E-state index contributed by atoms with van der Waals surface area (Å²) in [6.07, 6.45) is 1.69. The molecule has 1 aliphatic heterocycles. The molecule has 0 bridgehead atoms. The minimum absolute atomic E-state index is 0.0927. The third-order valence-electron chi connectivity index (χ3n) is 4.30. The van der Waals surface area contributed by atoms with Crippen LogP contribution in [0.5, 0.6) is 0 Å². The zero-order chi connectivity index (χ0) is 21.2. The van der Waals surface area contributed by atoms with Crippen LogP contribution >= 0.6 is 0 Å². The summed E-state index contributed by atoms with van der Waals surface area (Å²) in [7, 11) is 3.92. The van der Waals surface area contributed by atoms with Crippen molar-refractivity contribution in [2.45, 2.75) is 26.7 Å². The van der Waals surface area contributed by atoms with E-state index in [4.69, 9.17) is 9.90 Å². The minimum atomic E-state index is -1.08. The van der Waals surface area contributed by atoms with Crippen molar-refractivity contribution >= 4 is 23.7 Å². The number of hydrogen-bond donors (Lipinski definition) is 1. The topological polar surface area (TPSA) is 88.1 Å². The van der Waals surface area contributed by atoms with Crippen molar-refractivity contribution in [3.05, 3.63) is 60.2 Å². The smallest absolute Gasteiger partial charge is 0.305 e. The molecule has 3 rings (SSSR count). The Balaban J connectivity index is 0.000000687. The molecule has 8 nitrogen and oxygen atoms in total. The molecule has 0 aromatic heterocycles. The Bertz CT molecular complexity index is 807. The minimum Gasteiger partial charge on any atom is -0.550 e. The van der Waals surface area contributed by atoms with Gasteiger partial charge >= 0.3 is 6.29 Å². The molecule has 0 saturated heterocycles. The molecule has 2 aromatic carbocycles. The second-order valence-electron chi connectivity index (χ2n) is 6.65. The molecule has 0 radical (unpaired) electrons. The van der Waals surface area contributed by atoms with Crippen LogP contribution in [0.4, 0.5) is 11.4 Å². The Hall–Kier alpha value is -3.26.